The maximum atomic E-state index is 13.3. The zero-order chi connectivity index (χ0) is 28.2. The lowest BCUT2D eigenvalue weighted by atomic mass is 9.86. The lowest BCUT2D eigenvalue weighted by molar-refractivity contribution is -0.0505. The highest BCUT2D eigenvalue weighted by atomic mass is 32.2. The zero-order valence-corrected chi connectivity index (χ0v) is 25.2. The molecule has 9 nitrogen and oxygen atoms in total. The lowest BCUT2D eigenvalue weighted by Crippen LogP contribution is -2.56. The van der Waals surface area contributed by atoms with Crippen LogP contribution in [0, 0.1) is 5.92 Å². The van der Waals surface area contributed by atoms with E-state index in [4.69, 9.17) is 14.5 Å². The summed E-state index contributed by atoms with van der Waals surface area (Å²) in [4.78, 5) is 17.7. The van der Waals surface area contributed by atoms with Crippen molar-refractivity contribution in [2.75, 3.05) is 25.1 Å². The quantitative estimate of drug-likeness (QED) is 0.322. The molecular weight excluding hydrogens is 536 g/mol. The SMILES string of the molecule is CCNS(=O)(=O)c1cc(NC2(CC(C)C)COC2)ccc1-c1cnc(C2CCC(NC(=O)OC(C)C)CC2)s1. The van der Waals surface area contributed by atoms with E-state index in [2.05, 4.69) is 29.2 Å². The van der Waals surface area contributed by atoms with Gasteiger partial charge < -0.3 is 20.1 Å². The molecule has 39 heavy (non-hydrogen) atoms. The van der Waals surface area contributed by atoms with Crippen molar-refractivity contribution in [2.45, 2.75) is 95.2 Å². The van der Waals surface area contributed by atoms with Crippen LogP contribution >= 0.6 is 11.3 Å². The number of alkyl carbamates (subject to hydrolysis) is 1. The molecule has 0 atom stereocenters. The number of carbonyl (C=O) groups excluding carboxylic acids is 1. The summed E-state index contributed by atoms with van der Waals surface area (Å²) in [5.41, 5.74) is 1.25. The lowest BCUT2D eigenvalue weighted by Gasteiger charge is -2.44. The van der Waals surface area contributed by atoms with Crippen LogP contribution in [0.2, 0.25) is 0 Å². The van der Waals surface area contributed by atoms with E-state index in [1.165, 1.54) is 0 Å². The number of rotatable bonds is 11. The molecular formula is C28H42N4O5S2. The summed E-state index contributed by atoms with van der Waals surface area (Å²) in [7, 11) is -3.72. The Morgan fingerprint density at radius 1 is 1.18 bits per heavy atom. The summed E-state index contributed by atoms with van der Waals surface area (Å²) in [5.74, 6) is 0.771. The summed E-state index contributed by atoms with van der Waals surface area (Å²) in [6, 6.07) is 5.67. The van der Waals surface area contributed by atoms with Crippen LogP contribution in [-0.4, -0.2) is 56.9 Å². The highest BCUT2D eigenvalue weighted by molar-refractivity contribution is 7.89. The molecule has 2 aliphatic rings. The van der Waals surface area contributed by atoms with Crippen LogP contribution in [0.1, 0.15) is 77.6 Å². The first kappa shape index (κ1) is 29.8. The second-order valence-corrected chi connectivity index (χ2v) is 14.2. The van der Waals surface area contributed by atoms with Crippen LogP contribution in [-0.2, 0) is 19.5 Å². The van der Waals surface area contributed by atoms with Gasteiger partial charge in [-0.25, -0.2) is 22.9 Å². The fourth-order valence-corrected chi connectivity index (χ4v) is 7.95. The van der Waals surface area contributed by atoms with Gasteiger partial charge in [-0.05, 0) is 64.0 Å². The molecule has 0 radical (unpaired) electrons. The molecule has 1 aliphatic carbocycles. The Kier molecular flexibility index (Phi) is 9.57. The predicted octanol–water partition coefficient (Wildman–Crippen LogP) is 5.50. The second kappa shape index (κ2) is 12.5. The molecule has 1 aliphatic heterocycles. The van der Waals surface area contributed by atoms with Crippen molar-refractivity contribution in [1.82, 2.24) is 15.0 Å². The second-order valence-electron chi connectivity index (χ2n) is 11.4. The average Bonchev–Trinajstić information content (AvgIpc) is 3.32. The Hall–Kier alpha value is -2.21. The van der Waals surface area contributed by atoms with Crippen LogP contribution in [0.4, 0.5) is 10.5 Å². The molecule has 2 heterocycles. The Morgan fingerprint density at radius 2 is 1.90 bits per heavy atom. The highest BCUT2D eigenvalue weighted by Crippen LogP contribution is 2.40. The van der Waals surface area contributed by atoms with E-state index in [1.807, 2.05) is 26.0 Å². The van der Waals surface area contributed by atoms with Gasteiger partial charge in [0.25, 0.3) is 0 Å². The first-order valence-corrected chi connectivity index (χ1v) is 16.2. The van der Waals surface area contributed by atoms with Crippen molar-refractivity contribution in [3.63, 3.8) is 0 Å². The Bertz CT molecular complexity index is 1230. The molecule has 1 aromatic carbocycles. The molecule has 11 heteroatoms. The first-order chi connectivity index (χ1) is 18.5. The van der Waals surface area contributed by atoms with Crippen LogP contribution < -0.4 is 15.4 Å². The summed E-state index contributed by atoms with van der Waals surface area (Å²) < 4.78 is 39.9. The fraction of sp³-hybridized carbons (Fsp3) is 0.643. The third-order valence-corrected chi connectivity index (χ3v) is 9.88. The molecule has 1 saturated carbocycles. The number of sulfonamides is 1. The van der Waals surface area contributed by atoms with Gasteiger partial charge in [-0.1, -0.05) is 26.8 Å². The predicted molar refractivity (Wildman–Crippen MR) is 155 cm³/mol. The number of hydrogen-bond acceptors (Lipinski definition) is 8. The fourth-order valence-electron chi connectivity index (χ4n) is 5.47. The smallest absolute Gasteiger partial charge is 0.407 e. The van der Waals surface area contributed by atoms with E-state index in [-0.39, 0.29) is 34.6 Å². The number of hydrogen-bond donors (Lipinski definition) is 3. The van der Waals surface area contributed by atoms with Gasteiger partial charge in [-0.3, -0.25) is 0 Å². The minimum atomic E-state index is -3.72. The number of nitrogens with one attached hydrogen (secondary N) is 3. The van der Waals surface area contributed by atoms with Gasteiger partial charge in [-0.2, -0.15) is 0 Å². The molecule has 3 N–H and O–H groups in total. The molecule has 4 rings (SSSR count). The van der Waals surface area contributed by atoms with Gasteiger partial charge in [0, 0.05) is 36.0 Å². The van der Waals surface area contributed by atoms with E-state index in [1.54, 1.807) is 30.5 Å². The number of ether oxygens (including phenoxy) is 2. The number of amides is 1. The molecule has 0 spiro atoms. The van der Waals surface area contributed by atoms with E-state index >= 15 is 0 Å². The number of aromatic nitrogens is 1. The van der Waals surface area contributed by atoms with Crippen molar-refractivity contribution in [2.24, 2.45) is 5.92 Å². The first-order valence-electron chi connectivity index (χ1n) is 13.9. The normalized spacial score (nSPS) is 21.0. The molecule has 2 aromatic rings. The van der Waals surface area contributed by atoms with Crippen molar-refractivity contribution in [1.29, 1.82) is 0 Å². The molecule has 0 unspecified atom stereocenters. The van der Waals surface area contributed by atoms with Gasteiger partial charge in [0.05, 0.1) is 39.6 Å². The maximum Gasteiger partial charge on any atom is 0.407 e. The van der Waals surface area contributed by atoms with Crippen LogP contribution in [0.5, 0.6) is 0 Å². The minimum absolute atomic E-state index is 0.101. The third-order valence-electron chi connectivity index (χ3n) is 7.10. The Balaban J connectivity index is 1.51. The van der Waals surface area contributed by atoms with E-state index in [9.17, 15) is 13.2 Å². The minimum Gasteiger partial charge on any atom is -0.447 e. The highest BCUT2D eigenvalue weighted by Gasteiger charge is 2.39. The average molecular weight is 579 g/mol. The third kappa shape index (κ3) is 7.50. The molecule has 1 amide bonds. The molecule has 0 bridgehead atoms. The molecule has 2 fully saturated rings. The van der Waals surface area contributed by atoms with Gasteiger partial charge in [0.2, 0.25) is 10.0 Å². The number of thiazole rings is 1. The van der Waals surface area contributed by atoms with Crippen LogP contribution in [0.25, 0.3) is 10.4 Å². The Labute approximate surface area is 236 Å². The van der Waals surface area contributed by atoms with Crippen molar-refractivity contribution >= 4 is 33.1 Å². The largest absolute Gasteiger partial charge is 0.447 e. The van der Waals surface area contributed by atoms with Crippen molar-refractivity contribution in [3.8, 4) is 10.4 Å². The molecule has 1 aromatic heterocycles. The standard InChI is InChI=1S/C28H42N4O5S2/c1-6-30-39(34,35)25-13-22(32-28(14-18(2)3)16-36-17-28)11-12-23(25)24-15-29-26(38-24)20-7-9-21(10-8-20)31-27(33)37-19(4)5/h11-13,15,18-21,30,32H,6-10,14,16-17H2,1-5H3,(H,31,33). The molecule has 216 valence electrons. The topological polar surface area (TPSA) is 119 Å². The zero-order valence-electron chi connectivity index (χ0n) is 23.6. The van der Waals surface area contributed by atoms with Crippen LogP contribution in [0.15, 0.2) is 29.3 Å². The summed E-state index contributed by atoms with van der Waals surface area (Å²) in [6.45, 7) is 11.3. The van der Waals surface area contributed by atoms with E-state index < -0.39 is 10.0 Å². The molecule has 1 saturated heterocycles. The number of nitrogens with zero attached hydrogens (tertiary/aromatic N) is 1. The monoisotopic (exact) mass is 578 g/mol. The number of anilines is 1. The summed E-state index contributed by atoms with van der Waals surface area (Å²) >= 11 is 1.55. The van der Waals surface area contributed by atoms with Gasteiger partial charge >= 0.3 is 6.09 Å². The summed E-state index contributed by atoms with van der Waals surface area (Å²) in [6.07, 6.45) is 5.75. The van der Waals surface area contributed by atoms with Crippen molar-refractivity contribution in [3.05, 3.63) is 29.4 Å². The van der Waals surface area contributed by atoms with Gasteiger partial charge in [0.15, 0.2) is 0 Å². The van der Waals surface area contributed by atoms with E-state index in [0.717, 1.165) is 47.7 Å². The number of carbonyl (C=O) groups is 1. The summed E-state index contributed by atoms with van der Waals surface area (Å²) in [5, 5.41) is 7.54. The number of benzene rings is 1. The van der Waals surface area contributed by atoms with E-state index in [0.29, 0.717) is 31.2 Å². The Morgan fingerprint density at radius 3 is 2.49 bits per heavy atom. The maximum absolute atomic E-state index is 13.3. The van der Waals surface area contributed by atoms with Crippen LogP contribution in [0.3, 0.4) is 0 Å². The van der Waals surface area contributed by atoms with Gasteiger partial charge in [-0.15, -0.1) is 11.3 Å². The van der Waals surface area contributed by atoms with Gasteiger partial charge in [0.1, 0.15) is 0 Å². The van der Waals surface area contributed by atoms with Crippen molar-refractivity contribution < 1.29 is 22.7 Å².